The zero-order valence-corrected chi connectivity index (χ0v) is 14.3. The van der Waals surface area contributed by atoms with E-state index in [4.69, 9.17) is 11.6 Å². The molecule has 0 aliphatic carbocycles. The molecule has 0 spiro atoms. The van der Waals surface area contributed by atoms with E-state index < -0.39 is 10.0 Å². The van der Waals surface area contributed by atoms with Gasteiger partial charge in [-0.05, 0) is 44.0 Å². The average Bonchev–Trinajstić information content (AvgIpc) is 2.35. The summed E-state index contributed by atoms with van der Waals surface area (Å²) in [6.07, 6.45) is 1.86. The van der Waals surface area contributed by atoms with Crippen molar-refractivity contribution in [3.8, 4) is 0 Å². The Bertz CT molecular complexity index is 617. The monoisotopic (exact) mass is 332 g/mol. The van der Waals surface area contributed by atoms with E-state index in [0.717, 1.165) is 17.0 Å². The minimum absolute atomic E-state index is 0.00484. The van der Waals surface area contributed by atoms with Crippen LogP contribution in [0.15, 0.2) is 18.2 Å². The van der Waals surface area contributed by atoms with Gasteiger partial charge in [-0.2, -0.15) is 0 Å². The standard InChI is InChI=1S/C14H21ClN2O3S/c1-5-11(3)16-14(18)9-17(21(4,19)20)13-7-6-12(15)8-10(13)2/h6-8,11H,5,9H2,1-4H3,(H,16,18)/t11-/m1/s1. The second-order valence-corrected chi connectivity index (χ2v) is 7.42. The molecule has 0 aliphatic heterocycles. The molecule has 5 nitrogen and oxygen atoms in total. The van der Waals surface area contributed by atoms with E-state index in [9.17, 15) is 13.2 Å². The smallest absolute Gasteiger partial charge is 0.240 e. The number of aryl methyl sites for hydroxylation is 1. The maximum atomic E-state index is 12.0. The molecule has 21 heavy (non-hydrogen) atoms. The number of benzene rings is 1. The summed E-state index contributed by atoms with van der Waals surface area (Å²) in [5.74, 6) is -0.330. The Balaban J connectivity index is 3.05. The molecule has 7 heteroatoms. The molecule has 1 N–H and O–H groups in total. The number of hydrogen-bond donors (Lipinski definition) is 1. The molecule has 1 aromatic carbocycles. The summed E-state index contributed by atoms with van der Waals surface area (Å²) in [6.45, 7) is 5.33. The zero-order chi connectivity index (χ0) is 16.2. The topological polar surface area (TPSA) is 66.5 Å². The number of amides is 1. The highest BCUT2D eigenvalue weighted by molar-refractivity contribution is 7.92. The molecule has 0 unspecified atom stereocenters. The quantitative estimate of drug-likeness (QED) is 0.869. The van der Waals surface area contributed by atoms with Crippen molar-refractivity contribution in [3.05, 3.63) is 28.8 Å². The number of nitrogens with one attached hydrogen (secondary N) is 1. The number of carbonyl (C=O) groups is 1. The predicted molar refractivity (Wildman–Crippen MR) is 86.3 cm³/mol. The fraction of sp³-hybridized carbons (Fsp3) is 0.500. The minimum Gasteiger partial charge on any atom is -0.352 e. The summed E-state index contributed by atoms with van der Waals surface area (Å²) in [5.41, 5.74) is 1.16. The third-order valence-corrected chi connectivity index (χ3v) is 4.50. The normalized spacial score (nSPS) is 12.8. The molecule has 1 amide bonds. The second kappa shape index (κ2) is 7.13. The SMILES string of the molecule is CC[C@@H](C)NC(=O)CN(c1ccc(Cl)cc1C)S(C)(=O)=O. The van der Waals surface area contributed by atoms with Crippen LogP contribution in [-0.2, 0) is 14.8 Å². The van der Waals surface area contributed by atoms with Gasteiger partial charge in [-0.25, -0.2) is 8.42 Å². The van der Waals surface area contributed by atoms with E-state index in [1.54, 1.807) is 25.1 Å². The maximum Gasteiger partial charge on any atom is 0.240 e. The van der Waals surface area contributed by atoms with Crippen molar-refractivity contribution >= 4 is 33.2 Å². The van der Waals surface area contributed by atoms with Gasteiger partial charge in [0.25, 0.3) is 0 Å². The van der Waals surface area contributed by atoms with Crippen molar-refractivity contribution < 1.29 is 13.2 Å². The molecule has 1 aromatic rings. The van der Waals surface area contributed by atoms with Crippen LogP contribution in [0.3, 0.4) is 0 Å². The first-order valence-electron chi connectivity index (χ1n) is 6.68. The van der Waals surface area contributed by atoms with E-state index in [1.165, 1.54) is 0 Å². The molecular weight excluding hydrogens is 312 g/mol. The van der Waals surface area contributed by atoms with Crippen LogP contribution in [0, 0.1) is 6.92 Å². The van der Waals surface area contributed by atoms with Crippen LogP contribution in [0.4, 0.5) is 5.69 Å². The summed E-state index contributed by atoms with van der Waals surface area (Å²) in [6, 6.07) is 4.89. The van der Waals surface area contributed by atoms with Crippen LogP contribution >= 0.6 is 11.6 Å². The van der Waals surface area contributed by atoms with Crippen molar-refractivity contribution in [1.29, 1.82) is 0 Å². The van der Waals surface area contributed by atoms with Crippen molar-refractivity contribution in [2.24, 2.45) is 0 Å². The number of halogens is 1. The first-order chi connectivity index (χ1) is 9.65. The lowest BCUT2D eigenvalue weighted by molar-refractivity contribution is -0.120. The third kappa shape index (κ3) is 5.21. The fourth-order valence-corrected chi connectivity index (χ4v) is 2.97. The molecular formula is C14H21ClN2O3S. The Hall–Kier alpha value is -1.27. The van der Waals surface area contributed by atoms with Crippen LogP contribution in [-0.4, -0.2) is 33.2 Å². The number of hydrogen-bond acceptors (Lipinski definition) is 3. The number of sulfonamides is 1. The van der Waals surface area contributed by atoms with Gasteiger partial charge in [0.2, 0.25) is 15.9 Å². The second-order valence-electron chi connectivity index (χ2n) is 5.08. The highest BCUT2D eigenvalue weighted by Gasteiger charge is 2.22. The Kier molecular flexibility index (Phi) is 6.04. The average molecular weight is 333 g/mol. The van der Waals surface area contributed by atoms with Gasteiger partial charge in [0.05, 0.1) is 11.9 Å². The third-order valence-electron chi connectivity index (χ3n) is 3.13. The molecule has 0 saturated heterocycles. The predicted octanol–water partition coefficient (Wildman–Crippen LogP) is 2.33. The molecule has 0 radical (unpaired) electrons. The number of carbonyl (C=O) groups excluding carboxylic acids is 1. The molecule has 0 aliphatic rings. The van der Waals surface area contributed by atoms with Gasteiger partial charge in [-0.15, -0.1) is 0 Å². The Morgan fingerprint density at radius 1 is 1.43 bits per heavy atom. The first kappa shape index (κ1) is 17.8. The molecule has 0 bridgehead atoms. The molecule has 0 heterocycles. The fourth-order valence-electron chi connectivity index (χ4n) is 1.83. The van der Waals surface area contributed by atoms with Gasteiger partial charge in [0, 0.05) is 11.1 Å². The summed E-state index contributed by atoms with van der Waals surface area (Å²) < 4.78 is 25.0. The lowest BCUT2D eigenvalue weighted by Crippen LogP contribution is -2.43. The summed E-state index contributed by atoms with van der Waals surface area (Å²) in [7, 11) is -3.56. The number of nitrogens with zero attached hydrogens (tertiary/aromatic N) is 1. The van der Waals surface area contributed by atoms with E-state index in [2.05, 4.69) is 5.32 Å². The van der Waals surface area contributed by atoms with Crippen LogP contribution in [0.1, 0.15) is 25.8 Å². The highest BCUT2D eigenvalue weighted by atomic mass is 35.5. The molecule has 118 valence electrons. The van der Waals surface area contributed by atoms with Gasteiger partial charge in [0.1, 0.15) is 6.54 Å². The summed E-state index contributed by atoms with van der Waals surface area (Å²) in [5, 5.41) is 3.28. The van der Waals surface area contributed by atoms with Gasteiger partial charge >= 0.3 is 0 Å². The van der Waals surface area contributed by atoms with Crippen LogP contribution in [0.5, 0.6) is 0 Å². The molecule has 1 rings (SSSR count). The largest absolute Gasteiger partial charge is 0.352 e. The van der Waals surface area contributed by atoms with E-state index in [-0.39, 0.29) is 18.5 Å². The van der Waals surface area contributed by atoms with Crippen molar-refractivity contribution in [2.45, 2.75) is 33.2 Å². The van der Waals surface area contributed by atoms with Gasteiger partial charge < -0.3 is 5.32 Å². The lowest BCUT2D eigenvalue weighted by Gasteiger charge is -2.24. The Labute approximate surface area is 131 Å². The van der Waals surface area contributed by atoms with Crippen LogP contribution < -0.4 is 9.62 Å². The molecule has 0 fully saturated rings. The van der Waals surface area contributed by atoms with Gasteiger partial charge in [-0.1, -0.05) is 18.5 Å². The summed E-state index contributed by atoms with van der Waals surface area (Å²) >= 11 is 5.88. The van der Waals surface area contributed by atoms with Gasteiger partial charge in [0.15, 0.2) is 0 Å². The van der Waals surface area contributed by atoms with Crippen LogP contribution in [0.25, 0.3) is 0 Å². The van der Waals surface area contributed by atoms with E-state index in [1.807, 2.05) is 13.8 Å². The van der Waals surface area contributed by atoms with E-state index in [0.29, 0.717) is 16.3 Å². The number of anilines is 1. The molecule has 1 atom stereocenters. The zero-order valence-electron chi connectivity index (χ0n) is 12.7. The van der Waals surface area contributed by atoms with Crippen molar-refractivity contribution in [2.75, 3.05) is 17.1 Å². The lowest BCUT2D eigenvalue weighted by atomic mass is 10.2. The summed E-state index contributed by atoms with van der Waals surface area (Å²) in [4.78, 5) is 12.0. The Morgan fingerprint density at radius 3 is 2.52 bits per heavy atom. The first-order valence-corrected chi connectivity index (χ1v) is 8.91. The van der Waals surface area contributed by atoms with Crippen molar-refractivity contribution in [1.82, 2.24) is 5.32 Å². The van der Waals surface area contributed by atoms with Crippen molar-refractivity contribution in [3.63, 3.8) is 0 Å². The maximum absolute atomic E-state index is 12.0. The molecule has 0 aromatic heterocycles. The molecule has 0 saturated carbocycles. The highest BCUT2D eigenvalue weighted by Crippen LogP contribution is 2.25. The Morgan fingerprint density at radius 2 is 2.05 bits per heavy atom. The van der Waals surface area contributed by atoms with Crippen LogP contribution in [0.2, 0.25) is 5.02 Å². The minimum atomic E-state index is -3.56. The van der Waals surface area contributed by atoms with E-state index >= 15 is 0 Å². The number of rotatable bonds is 6. The van der Waals surface area contributed by atoms with Gasteiger partial charge in [-0.3, -0.25) is 9.10 Å².